The first-order valence-electron chi connectivity index (χ1n) is 7.11. The molecular weight excluding hydrogens is 302 g/mol. The number of carbonyl (C=O) groups excluding carboxylic acids is 1. The second kappa shape index (κ2) is 7.42. The topological polar surface area (TPSA) is 47.4 Å². The van der Waals surface area contributed by atoms with E-state index in [-0.39, 0.29) is 5.91 Å². The highest BCUT2D eigenvalue weighted by atomic mass is 35.5. The molecule has 0 unspecified atom stereocenters. The average molecular weight is 322 g/mol. The Labute approximate surface area is 135 Å². The Bertz CT molecular complexity index is 637. The molecule has 0 radical (unpaired) electrons. The van der Waals surface area contributed by atoms with Crippen molar-refractivity contribution in [1.82, 2.24) is 14.6 Å². The van der Waals surface area contributed by atoms with Gasteiger partial charge in [-0.1, -0.05) is 23.7 Å². The summed E-state index contributed by atoms with van der Waals surface area (Å²) in [6.07, 6.45) is 3.54. The maximum atomic E-state index is 12.2. The molecule has 5 nitrogen and oxygen atoms in total. The van der Waals surface area contributed by atoms with Gasteiger partial charge in [0.15, 0.2) is 0 Å². The average Bonchev–Trinajstić information content (AvgIpc) is 2.89. The number of aryl methyl sites for hydroxylation is 2. The molecule has 2 rings (SSSR count). The molecule has 0 fully saturated rings. The number of aromatic nitrogens is 2. The van der Waals surface area contributed by atoms with Crippen molar-refractivity contribution < 1.29 is 9.63 Å². The van der Waals surface area contributed by atoms with Gasteiger partial charge in [0.1, 0.15) is 0 Å². The zero-order valence-electron chi connectivity index (χ0n) is 13.0. The molecule has 1 amide bonds. The van der Waals surface area contributed by atoms with E-state index < -0.39 is 0 Å². The van der Waals surface area contributed by atoms with Crippen LogP contribution in [0.15, 0.2) is 30.5 Å². The van der Waals surface area contributed by atoms with Gasteiger partial charge in [0.05, 0.1) is 7.11 Å². The van der Waals surface area contributed by atoms with Gasteiger partial charge in [0, 0.05) is 30.5 Å². The van der Waals surface area contributed by atoms with Crippen LogP contribution in [0.25, 0.3) is 0 Å². The minimum Gasteiger partial charge on any atom is -0.324 e. The lowest BCUT2D eigenvalue weighted by atomic mass is 10.1. The van der Waals surface area contributed by atoms with Crippen molar-refractivity contribution >= 4 is 17.5 Å². The van der Waals surface area contributed by atoms with Gasteiger partial charge in [-0.25, -0.2) is 10.0 Å². The third-order valence-electron chi connectivity index (χ3n) is 3.57. The van der Waals surface area contributed by atoms with Crippen LogP contribution >= 0.6 is 11.6 Å². The monoisotopic (exact) mass is 321 g/mol. The molecule has 0 aliphatic carbocycles. The van der Waals surface area contributed by atoms with Crippen molar-refractivity contribution in [3.05, 3.63) is 52.6 Å². The van der Waals surface area contributed by atoms with Gasteiger partial charge < -0.3 is 4.57 Å². The SMILES string of the molecule is CON(C)C(=O)c1ncc(C)n1CCCc1ccc(Cl)cc1. The highest BCUT2D eigenvalue weighted by molar-refractivity contribution is 6.30. The van der Waals surface area contributed by atoms with E-state index >= 15 is 0 Å². The molecule has 0 saturated carbocycles. The van der Waals surface area contributed by atoms with Gasteiger partial charge in [-0.3, -0.25) is 9.63 Å². The van der Waals surface area contributed by atoms with E-state index in [1.54, 1.807) is 13.2 Å². The summed E-state index contributed by atoms with van der Waals surface area (Å²) >= 11 is 5.88. The summed E-state index contributed by atoms with van der Waals surface area (Å²) in [7, 11) is 3.03. The zero-order chi connectivity index (χ0) is 16.1. The molecule has 1 aromatic heterocycles. The minimum absolute atomic E-state index is 0.248. The Morgan fingerprint density at radius 2 is 2.05 bits per heavy atom. The predicted octanol–water partition coefficient (Wildman–Crippen LogP) is 3.11. The van der Waals surface area contributed by atoms with Crippen molar-refractivity contribution in [2.45, 2.75) is 26.3 Å². The van der Waals surface area contributed by atoms with E-state index in [1.165, 1.54) is 17.7 Å². The molecule has 0 spiro atoms. The van der Waals surface area contributed by atoms with Crippen LogP contribution in [-0.2, 0) is 17.8 Å². The number of benzene rings is 1. The second-order valence-corrected chi connectivity index (χ2v) is 5.53. The van der Waals surface area contributed by atoms with E-state index in [9.17, 15) is 4.79 Å². The van der Waals surface area contributed by atoms with Crippen LogP contribution in [0, 0.1) is 6.92 Å². The molecule has 0 saturated heterocycles. The van der Waals surface area contributed by atoms with Gasteiger partial charge in [-0.05, 0) is 37.5 Å². The Morgan fingerprint density at radius 3 is 2.68 bits per heavy atom. The fourth-order valence-corrected chi connectivity index (χ4v) is 2.36. The molecule has 118 valence electrons. The van der Waals surface area contributed by atoms with Crippen molar-refractivity contribution in [2.75, 3.05) is 14.2 Å². The number of carbonyl (C=O) groups is 1. The van der Waals surface area contributed by atoms with Gasteiger partial charge in [-0.2, -0.15) is 0 Å². The normalized spacial score (nSPS) is 10.7. The first-order valence-corrected chi connectivity index (χ1v) is 7.49. The van der Waals surface area contributed by atoms with Crippen LogP contribution in [-0.4, -0.2) is 34.7 Å². The van der Waals surface area contributed by atoms with E-state index in [0.29, 0.717) is 5.82 Å². The van der Waals surface area contributed by atoms with E-state index in [2.05, 4.69) is 4.98 Å². The minimum atomic E-state index is -0.248. The lowest BCUT2D eigenvalue weighted by molar-refractivity contribution is -0.0767. The summed E-state index contributed by atoms with van der Waals surface area (Å²) < 4.78 is 1.92. The molecule has 6 heteroatoms. The molecule has 0 aliphatic rings. The maximum absolute atomic E-state index is 12.2. The van der Waals surface area contributed by atoms with Crippen LogP contribution in [0.4, 0.5) is 0 Å². The van der Waals surface area contributed by atoms with Crippen LogP contribution in [0.3, 0.4) is 0 Å². The smallest absolute Gasteiger partial charge is 0.313 e. The predicted molar refractivity (Wildman–Crippen MR) is 85.8 cm³/mol. The summed E-state index contributed by atoms with van der Waals surface area (Å²) in [6, 6.07) is 7.82. The maximum Gasteiger partial charge on any atom is 0.313 e. The number of hydroxylamine groups is 2. The van der Waals surface area contributed by atoms with Crippen LogP contribution in [0.5, 0.6) is 0 Å². The Morgan fingerprint density at radius 1 is 1.36 bits per heavy atom. The third kappa shape index (κ3) is 3.87. The van der Waals surface area contributed by atoms with Gasteiger partial charge >= 0.3 is 5.91 Å². The van der Waals surface area contributed by atoms with Gasteiger partial charge in [0.25, 0.3) is 0 Å². The summed E-state index contributed by atoms with van der Waals surface area (Å²) in [6.45, 7) is 2.67. The van der Waals surface area contributed by atoms with Crippen molar-refractivity contribution in [3.63, 3.8) is 0 Å². The van der Waals surface area contributed by atoms with Crippen LogP contribution < -0.4 is 0 Å². The number of hydrogen-bond donors (Lipinski definition) is 0. The largest absolute Gasteiger partial charge is 0.324 e. The number of rotatable bonds is 6. The highest BCUT2D eigenvalue weighted by Crippen LogP contribution is 2.13. The molecule has 1 aromatic carbocycles. The standard InChI is InChI=1S/C16H20ClN3O2/c1-12-11-18-15(16(21)19(2)22-3)20(12)10-4-5-13-6-8-14(17)9-7-13/h6-9,11H,4-5,10H2,1-3H3. The Kier molecular flexibility index (Phi) is 5.57. The lowest BCUT2D eigenvalue weighted by Crippen LogP contribution is -2.28. The number of hydrogen-bond acceptors (Lipinski definition) is 3. The van der Waals surface area contributed by atoms with Crippen molar-refractivity contribution in [1.29, 1.82) is 0 Å². The quantitative estimate of drug-likeness (QED) is 0.768. The second-order valence-electron chi connectivity index (χ2n) is 5.09. The fourth-order valence-electron chi connectivity index (χ4n) is 2.23. The summed E-state index contributed by atoms with van der Waals surface area (Å²) in [5, 5.41) is 1.92. The molecule has 0 bridgehead atoms. The van der Waals surface area contributed by atoms with E-state index in [1.807, 2.05) is 35.8 Å². The van der Waals surface area contributed by atoms with E-state index in [4.69, 9.17) is 16.4 Å². The Balaban J connectivity index is 2.02. The van der Waals surface area contributed by atoms with Crippen LogP contribution in [0.2, 0.25) is 5.02 Å². The third-order valence-corrected chi connectivity index (χ3v) is 3.82. The van der Waals surface area contributed by atoms with Crippen molar-refractivity contribution in [2.24, 2.45) is 0 Å². The molecular formula is C16H20ClN3O2. The van der Waals surface area contributed by atoms with Gasteiger partial charge in [-0.15, -0.1) is 0 Å². The molecule has 0 N–H and O–H groups in total. The number of halogens is 1. The fraction of sp³-hybridized carbons (Fsp3) is 0.375. The number of amides is 1. The van der Waals surface area contributed by atoms with Crippen LogP contribution in [0.1, 0.15) is 28.3 Å². The van der Waals surface area contributed by atoms with E-state index in [0.717, 1.165) is 30.1 Å². The molecule has 2 aromatic rings. The molecule has 22 heavy (non-hydrogen) atoms. The molecule has 0 aliphatic heterocycles. The Hall–Kier alpha value is -1.85. The highest BCUT2D eigenvalue weighted by Gasteiger charge is 2.19. The molecule has 0 atom stereocenters. The summed E-state index contributed by atoms with van der Waals surface area (Å²) in [5.41, 5.74) is 2.19. The number of nitrogens with zero attached hydrogens (tertiary/aromatic N) is 3. The summed E-state index contributed by atoms with van der Waals surface area (Å²) in [4.78, 5) is 21.3. The van der Waals surface area contributed by atoms with Gasteiger partial charge in [0.2, 0.25) is 5.82 Å². The number of imidazole rings is 1. The first kappa shape index (κ1) is 16.5. The summed E-state index contributed by atoms with van der Waals surface area (Å²) in [5.74, 6) is 0.153. The lowest BCUT2D eigenvalue weighted by Gasteiger charge is -2.15. The first-order chi connectivity index (χ1) is 10.5. The van der Waals surface area contributed by atoms with Crippen molar-refractivity contribution in [3.8, 4) is 0 Å². The zero-order valence-corrected chi connectivity index (χ0v) is 13.8. The molecule has 1 heterocycles.